The first-order chi connectivity index (χ1) is 13.0. The Labute approximate surface area is 156 Å². The summed E-state index contributed by atoms with van der Waals surface area (Å²) in [6.45, 7) is 0. The fraction of sp³-hybridized carbons (Fsp3) is 0.550. The van der Waals surface area contributed by atoms with Crippen LogP contribution in [-0.4, -0.2) is 15.5 Å². The summed E-state index contributed by atoms with van der Waals surface area (Å²) in [7, 11) is 0. The second-order valence-corrected chi connectivity index (χ2v) is 7.77. The molecule has 0 spiro atoms. The third-order valence-corrected chi connectivity index (χ3v) is 5.98. The molecule has 144 valence electrons. The highest BCUT2D eigenvalue weighted by Gasteiger charge is 2.25. The summed E-state index contributed by atoms with van der Waals surface area (Å²) in [6, 6.07) is 3.18. The van der Waals surface area contributed by atoms with Crippen molar-refractivity contribution in [3.63, 3.8) is 0 Å². The summed E-state index contributed by atoms with van der Waals surface area (Å²) in [5.41, 5.74) is -0.235. The van der Waals surface area contributed by atoms with Crippen LogP contribution in [0, 0.1) is 15.9 Å². The van der Waals surface area contributed by atoms with Crippen molar-refractivity contribution in [2.24, 2.45) is 0 Å². The smallest absolute Gasteiger partial charge is 0.332 e. The van der Waals surface area contributed by atoms with Gasteiger partial charge in [-0.05, 0) is 37.8 Å². The molecule has 4 rings (SSSR count). The Morgan fingerprint density at radius 1 is 1.07 bits per heavy atom. The number of benzene rings is 1. The van der Waals surface area contributed by atoms with Crippen LogP contribution < -0.4 is 10.7 Å². The molecule has 0 radical (unpaired) electrons. The molecule has 1 N–H and O–H groups in total. The van der Waals surface area contributed by atoms with Crippen LogP contribution >= 0.6 is 0 Å². The van der Waals surface area contributed by atoms with Gasteiger partial charge in [0.1, 0.15) is 5.82 Å². The van der Waals surface area contributed by atoms with Gasteiger partial charge in [0.2, 0.25) is 0 Å². The first-order valence-electron chi connectivity index (χ1n) is 9.84. The predicted octanol–water partition coefficient (Wildman–Crippen LogP) is 4.91. The third kappa shape index (κ3) is 3.42. The Kier molecular flexibility index (Phi) is 4.85. The van der Waals surface area contributed by atoms with E-state index in [4.69, 9.17) is 0 Å². The van der Waals surface area contributed by atoms with Crippen LogP contribution in [0.15, 0.2) is 23.1 Å². The highest BCUT2D eigenvalue weighted by Crippen LogP contribution is 2.34. The lowest BCUT2D eigenvalue weighted by atomic mass is 9.95. The normalized spacial score (nSPS) is 18.9. The lowest BCUT2D eigenvalue weighted by Crippen LogP contribution is -2.23. The molecule has 2 saturated carbocycles. The minimum absolute atomic E-state index is 0.0859. The molecule has 2 aliphatic rings. The van der Waals surface area contributed by atoms with E-state index in [0.717, 1.165) is 51.4 Å². The summed E-state index contributed by atoms with van der Waals surface area (Å²) in [4.78, 5) is 23.2. The number of nitro groups is 1. The van der Waals surface area contributed by atoms with Crippen LogP contribution in [-0.2, 0) is 0 Å². The van der Waals surface area contributed by atoms with Gasteiger partial charge in [-0.3, -0.25) is 14.9 Å². The van der Waals surface area contributed by atoms with Crippen molar-refractivity contribution in [2.45, 2.75) is 69.9 Å². The highest BCUT2D eigenvalue weighted by atomic mass is 19.1. The van der Waals surface area contributed by atoms with Crippen molar-refractivity contribution in [3.8, 4) is 0 Å². The monoisotopic (exact) mass is 373 g/mol. The maximum Gasteiger partial charge on any atom is 0.332 e. The van der Waals surface area contributed by atoms with Crippen LogP contribution in [0.25, 0.3) is 10.9 Å². The molecule has 2 aromatic rings. The average molecular weight is 373 g/mol. The Hall–Kier alpha value is -2.44. The molecule has 0 saturated heterocycles. The molecule has 6 nitrogen and oxygen atoms in total. The summed E-state index contributed by atoms with van der Waals surface area (Å²) in [5.74, 6) is -0.524. The molecule has 7 heteroatoms. The molecule has 27 heavy (non-hydrogen) atoms. The number of nitrogens with zero attached hydrogens (tertiary/aromatic N) is 2. The van der Waals surface area contributed by atoms with Gasteiger partial charge >= 0.3 is 5.69 Å². The highest BCUT2D eigenvalue weighted by molar-refractivity contribution is 5.85. The molecule has 0 bridgehead atoms. The number of rotatable bonds is 4. The SMILES string of the molecule is O=c1c([N+](=O)[O-])cn(C2CCCC2)c2cc(NC3CCCCC3)c(F)cc12. The van der Waals surface area contributed by atoms with Gasteiger partial charge in [-0.2, -0.15) is 0 Å². The van der Waals surface area contributed by atoms with E-state index < -0.39 is 21.9 Å². The Morgan fingerprint density at radius 3 is 2.41 bits per heavy atom. The van der Waals surface area contributed by atoms with Gasteiger partial charge in [-0.25, -0.2) is 4.39 Å². The van der Waals surface area contributed by atoms with Crippen molar-refractivity contribution in [1.82, 2.24) is 4.57 Å². The van der Waals surface area contributed by atoms with Gasteiger partial charge in [0.25, 0.3) is 5.43 Å². The fourth-order valence-corrected chi connectivity index (χ4v) is 4.55. The quantitative estimate of drug-likeness (QED) is 0.610. The molecule has 0 unspecified atom stereocenters. The van der Waals surface area contributed by atoms with Crippen LogP contribution in [0.1, 0.15) is 63.8 Å². The molecule has 1 heterocycles. The second kappa shape index (κ2) is 7.29. The topological polar surface area (TPSA) is 77.2 Å². The number of hydrogen-bond donors (Lipinski definition) is 1. The van der Waals surface area contributed by atoms with Gasteiger partial charge in [-0.15, -0.1) is 0 Å². The van der Waals surface area contributed by atoms with Crippen molar-refractivity contribution in [1.29, 1.82) is 0 Å². The number of halogens is 1. The van der Waals surface area contributed by atoms with E-state index in [2.05, 4.69) is 5.32 Å². The average Bonchev–Trinajstić information content (AvgIpc) is 3.18. The summed E-state index contributed by atoms with van der Waals surface area (Å²) in [6.07, 6.45) is 10.8. The molecular formula is C20H24FN3O3. The minimum Gasteiger partial charge on any atom is -0.380 e. The van der Waals surface area contributed by atoms with Gasteiger partial charge in [-0.1, -0.05) is 32.1 Å². The van der Waals surface area contributed by atoms with E-state index in [0.29, 0.717) is 11.2 Å². The predicted molar refractivity (Wildman–Crippen MR) is 103 cm³/mol. The molecule has 0 amide bonds. The standard InChI is InChI=1S/C20H24FN3O3/c21-16-10-15-18(11-17(16)22-13-6-2-1-3-7-13)23(14-8-4-5-9-14)12-19(20(15)25)24(26)27/h10-14,22H,1-9H2. The van der Waals surface area contributed by atoms with Crippen LogP contribution in [0.4, 0.5) is 15.8 Å². The van der Waals surface area contributed by atoms with E-state index in [-0.39, 0.29) is 17.5 Å². The molecule has 1 aromatic heterocycles. The number of fused-ring (bicyclic) bond motifs is 1. The summed E-state index contributed by atoms with van der Waals surface area (Å²) < 4.78 is 16.5. The molecule has 0 atom stereocenters. The van der Waals surface area contributed by atoms with Crippen molar-refractivity contribution in [2.75, 3.05) is 5.32 Å². The van der Waals surface area contributed by atoms with Crippen LogP contribution in [0.5, 0.6) is 0 Å². The molecule has 2 fully saturated rings. The van der Waals surface area contributed by atoms with Crippen LogP contribution in [0.2, 0.25) is 0 Å². The first kappa shape index (κ1) is 17.9. The Morgan fingerprint density at radius 2 is 1.74 bits per heavy atom. The zero-order valence-electron chi connectivity index (χ0n) is 15.2. The third-order valence-electron chi connectivity index (χ3n) is 5.98. The van der Waals surface area contributed by atoms with Crippen LogP contribution in [0.3, 0.4) is 0 Å². The number of nitrogens with one attached hydrogen (secondary N) is 1. The Bertz CT molecular complexity index is 928. The van der Waals surface area contributed by atoms with E-state index in [9.17, 15) is 19.3 Å². The number of pyridine rings is 1. The largest absolute Gasteiger partial charge is 0.380 e. The lowest BCUT2D eigenvalue weighted by Gasteiger charge is -2.25. The van der Waals surface area contributed by atoms with Crippen molar-refractivity contribution >= 4 is 22.3 Å². The zero-order chi connectivity index (χ0) is 19.0. The zero-order valence-corrected chi connectivity index (χ0v) is 15.2. The fourth-order valence-electron chi connectivity index (χ4n) is 4.55. The van der Waals surface area contributed by atoms with E-state index in [1.54, 1.807) is 6.07 Å². The lowest BCUT2D eigenvalue weighted by molar-refractivity contribution is -0.386. The van der Waals surface area contributed by atoms with Gasteiger partial charge < -0.3 is 9.88 Å². The van der Waals surface area contributed by atoms with E-state index in [1.165, 1.54) is 18.7 Å². The maximum atomic E-state index is 14.7. The minimum atomic E-state index is -0.715. The molecule has 1 aromatic carbocycles. The van der Waals surface area contributed by atoms with E-state index in [1.807, 2.05) is 4.57 Å². The Balaban J connectivity index is 1.84. The van der Waals surface area contributed by atoms with Gasteiger partial charge in [0.05, 0.1) is 27.7 Å². The number of anilines is 1. The summed E-state index contributed by atoms with van der Waals surface area (Å²) in [5, 5.41) is 14.7. The number of hydrogen-bond acceptors (Lipinski definition) is 4. The molecule has 2 aliphatic carbocycles. The molecule has 0 aliphatic heterocycles. The molecular weight excluding hydrogens is 349 g/mol. The van der Waals surface area contributed by atoms with E-state index >= 15 is 0 Å². The van der Waals surface area contributed by atoms with Crippen molar-refractivity contribution < 1.29 is 9.31 Å². The number of aromatic nitrogens is 1. The summed E-state index contributed by atoms with van der Waals surface area (Å²) >= 11 is 0. The van der Waals surface area contributed by atoms with Gasteiger partial charge in [0, 0.05) is 12.1 Å². The first-order valence-corrected chi connectivity index (χ1v) is 9.84. The van der Waals surface area contributed by atoms with Crippen molar-refractivity contribution in [3.05, 3.63) is 44.5 Å². The maximum absolute atomic E-state index is 14.7. The van der Waals surface area contributed by atoms with Gasteiger partial charge in [0.15, 0.2) is 0 Å². The second-order valence-electron chi connectivity index (χ2n) is 7.77.